The Hall–Kier alpha value is -1.09. The van der Waals surface area contributed by atoms with E-state index < -0.39 is 5.92 Å². The van der Waals surface area contributed by atoms with Crippen molar-refractivity contribution in [3.05, 3.63) is 66.7 Å². The minimum absolute atomic E-state index is 0.255. The number of hydrogen-bond donors (Lipinski definition) is 0. The fraction of sp³-hybridized carbons (Fsp3) is 0.125. The van der Waals surface area contributed by atoms with Crippen LogP contribution in [0.1, 0.15) is 27.4 Å². The van der Waals surface area contributed by atoms with E-state index in [1.165, 1.54) is 6.07 Å². The van der Waals surface area contributed by atoms with Gasteiger partial charge in [-0.1, -0.05) is 47.5 Å². The molecule has 2 aromatic rings. The fourth-order valence-electron chi connectivity index (χ4n) is 2.00. The van der Waals surface area contributed by atoms with Crippen molar-refractivity contribution in [2.45, 2.75) is 12.8 Å². The van der Waals surface area contributed by atoms with Crippen molar-refractivity contribution in [1.82, 2.24) is 0 Å². The van der Waals surface area contributed by atoms with Crippen LogP contribution in [-0.4, -0.2) is 5.78 Å². The van der Waals surface area contributed by atoms with E-state index in [9.17, 15) is 10.1 Å². The number of hydrogen-bond acceptors (Lipinski definition) is 2. The van der Waals surface area contributed by atoms with Crippen molar-refractivity contribution in [2.75, 3.05) is 0 Å². The lowest BCUT2D eigenvalue weighted by atomic mass is 9.91. The molecule has 1 atom stereocenters. The van der Waals surface area contributed by atoms with Gasteiger partial charge in [0.05, 0.1) is 6.07 Å². The molecule has 0 saturated heterocycles. The maximum Gasteiger partial charge on any atom is 0.185 e. The summed E-state index contributed by atoms with van der Waals surface area (Å²) in [5.41, 5.74) is 2.01. The summed E-state index contributed by atoms with van der Waals surface area (Å²) in [5, 5.41) is 10.2. The number of ketones is 1. The first-order valence-corrected chi connectivity index (χ1v) is 7.93. The van der Waals surface area contributed by atoms with Gasteiger partial charge in [0.25, 0.3) is 0 Å². The van der Waals surface area contributed by atoms with Crippen LogP contribution in [0.4, 0.5) is 0 Å². The highest BCUT2D eigenvalue weighted by atomic mass is 127. The van der Waals surface area contributed by atoms with Gasteiger partial charge in [0.1, 0.15) is 5.92 Å². The molecule has 0 spiro atoms. The number of carbonyl (C=O) groups is 1. The Morgan fingerprint density at radius 3 is 2.62 bits per heavy atom. The number of aryl methyl sites for hydroxylation is 1. The van der Waals surface area contributed by atoms with E-state index in [0.29, 0.717) is 21.2 Å². The largest absolute Gasteiger partial charge is 0.292 e. The molecule has 0 bridgehead atoms. The molecule has 0 heterocycles. The molecule has 0 N–H and O–H groups in total. The first-order chi connectivity index (χ1) is 9.95. The molecular formula is C16H10Cl2INO. The Morgan fingerprint density at radius 1 is 1.29 bits per heavy atom. The molecule has 2 rings (SSSR count). The first-order valence-electron chi connectivity index (χ1n) is 6.09. The van der Waals surface area contributed by atoms with Gasteiger partial charge < -0.3 is 0 Å². The average molecular weight is 430 g/mol. The smallest absolute Gasteiger partial charge is 0.185 e. The second kappa shape index (κ2) is 6.78. The van der Waals surface area contributed by atoms with Crippen molar-refractivity contribution >= 4 is 51.6 Å². The third-order valence-corrected chi connectivity index (χ3v) is 5.12. The van der Waals surface area contributed by atoms with E-state index in [1.54, 1.807) is 18.2 Å². The first kappa shape index (κ1) is 16.3. The van der Waals surface area contributed by atoms with Crippen molar-refractivity contribution in [3.63, 3.8) is 0 Å². The maximum absolute atomic E-state index is 12.7. The van der Waals surface area contributed by atoms with Gasteiger partial charge in [0.2, 0.25) is 0 Å². The summed E-state index contributed by atoms with van der Waals surface area (Å²) >= 11 is 14.1. The summed E-state index contributed by atoms with van der Waals surface area (Å²) in [6.07, 6.45) is 0. The van der Waals surface area contributed by atoms with Crippen molar-refractivity contribution in [2.24, 2.45) is 0 Å². The van der Waals surface area contributed by atoms with Crippen LogP contribution in [0.5, 0.6) is 0 Å². The van der Waals surface area contributed by atoms with Gasteiger partial charge >= 0.3 is 0 Å². The minimum atomic E-state index is -0.940. The van der Waals surface area contributed by atoms with E-state index in [-0.39, 0.29) is 5.78 Å². The maximum atomic E-state index is 12.7. The molecule has 0 aliphatic heterocycles. The average Bonchev–Trinajstić information content (AvgIpc) is 2.44. The summed E-state index contributed by atoms with van der Waals surface area (Å²) in [6.45, 7) is 1.93. The molecule has 5 heteroatoms. The molecule has 0 aliphatic rings. The predicted octanol–water partition coefficient (Wildman–Crippen LogP) is 5.40. The van der Waals surface area contributed by atoms with Crippen LogP contribution in [0.15, 0.2) is 36.4 Å². The van der Waals surface area contributed by atoms with Crippen LogP contribution >= 0.6 is 45.8 Å². The molecule has 106 valence electrons. The molecule has 0 saturated carbocycles. The molecule has 0 amide bonds. The number of benzene rings is 2. The lowest BCUT2D eigenvalue weighted by Gasteiger charge is -2.13. The highest BCUT2D eigenvalue weighted by Crippen LogP contribution is 2.31. The molecule has 2 aromatic carbocycles. The van der Waals surface area contributed by atoms with Crippen LogP contribution < -0.4 is 0 Å². The Kier molecular flexibility index (Phi) is 5.26. The Labute approximate surface area is 146 Å². The number of nitrogens with zero attached hydrogens (tertiary/aromatic N) is 1. The standard InChI is InChI=1S/C16H10Cl2INO/c1-9-3-2-4-12(15(9)19)16(21)13(8-20)11-6-5-10(17)7-14(11)18/h2-7,13H,1H3. The van der Waals surface area contributed by atoms with Gasteiger partial charge in [0.15, 0.2) is 5.78 Å². The van der Waals surface area contributed by atoms with Gasteiger partial charge in [-0.3, -0.25) is 4.79 Å². The molecular weight excluding hydrogens is 420 g/mol. The lowest BCUT2D eigenvalue weighted by Crippen LogP contribution is -2.13. The van der Waals surface area contributed by atoms with Crippen LogP contribution in [0, 0.1) is 21.8 Å². The zero-order valence-electron chi connectivity index (χ0n) is 11.0. The molecule has 1 unspecified atom stereocenters. The van der Waals surface area contributed by atoms with E-state index in [4.69, 9.17) is 23.2 Å². The highest BCUT2D eigenvalue weighted by Gasteiger charge is 2.25. The molecule has 0 aliphatic carbocycles. The minimum Gasteiger partial charge on any atom is -0.292 e. The van der Waals surface area contributed by atoms with Gasteiger partial charge in [0, 0.05) is 19.2 Å². The Morgan fingerprint density at radius 2 is 2.00 bits per heavy atom. The normalized spacial score (nSPS) is 11.8. The summed E-state index contributed by atoms with van der Waals surface area (Å²) in [4.78, 5) is 12.7. The number of nitriles is 1. The van der Waals surface area contributed by atoms with Crippen LogP contribution in [0.25, 0.3) is 0 Å². The van der Waals surface area contributed by atoms with Gasteiger partial charge in [-0.15, -0.1) is 0 Å². The zero-order chi connectivity index (χ0) is 15.6. The highest BCUT2D eigenvalue weighted by molar-refractivity contribution is 14.1. The molecule has 0 fully saturated rings. The summed E-state index contributed by atoms with van der Waals surface area (Å²) in [5.74, 6) is -1.19. The topological polar surface area (TPSA) is 40.9 Å². The number of halogens is 3. The second-order valence-electron chi connectivity index (χ2n) is 4.53. The summed E-state index contributed by atoms with van der Waals surface area (Å²) in [7, 11) is 0. The van der Waals surface area contributed by atoms with Gasteiger partial charge in [-0.2, -0.15) is 5.26 Å². The molecule has 0 aromatic heterocycles. The van der Waals surface area contributed by atoms with E-state index in [1.807, 2.05) is 25.1 Å². The number of Topliss-reactive ketones (excluding diaryl/α,β-unsaturated/α-hetero) is 1. The fourth-order valence-corrected chi connectivity index (χ4v) is 3.14. The zero-order valence-corrected chi connectivity index (χ0v) is 14.7. The van der Waals surface area contributed by atoms with Crippen molar-refractivity contribution < 1.29 is 4.79 Å². The second-order valence-corrected chi connectivity index (χ2v) is 6.45. The van der Waals surface area contributed by atoms with Gasteiger partial charge in [-0.05, 0) is 52.8 Å². The van der Waals surface area contributed by atoms with E-state index in [2.05, 4.69) is 22.6 Å². The van der Waals surface area contributed by atoms with E-state index in [0.717, 1.165) is 9.13 Å². The quantitative estimate of drug-likeness (QED) is 0.484. The van der Waals surface area contributed by atoms with Gasteiger partial charge in [-0.25, -0.2) is 0 Å². The molecule has 0 radical (unpaired) electrons. The van der Waals surface area contributed by atoms with Crippen LogP contribution in [0.2, 0.25) is 10.0 Å². The predicted molar refractivity (Wildman–Crippen MR) is 93.0 cm³/mol. The van der Waals surface area contributed by atoms with Crippen molar-refractivity contribution in [3.8, 4) is 6.07 Å². The summed E-state index contributed by atoms with van der Waals surface area (Å²) in [6, 6.07) is 12.3. The Balaban J connectivity index is 2.49. The third-order valence-electron chi connectivity index (χ3n) is 3.12. The van der Waals surface area contributed by atoms with Crippen molar-refractivity contribution in [1.29, 1.82) is 5.26 Å². The van der Waals surface area contributed by atoms with E-state index >= 15 is 0 Å². The van der Waals surface area contributed by atoms with Crippen LogP contribution in [-0.2, 0) is 0 Å². The number of rotatable bonds is 3. The third kappa shape index (κ3) is 3.39. The SMILES string of the molecule is Cc1cccc(C(=O)C(C#N)c2ccc(Cl)cc2Cl)c1I. The summed E-state index contributed by atoms with van der Waals surface area (Å²) < 4.78 is 0.852. The monoisotopic (exact) mass is 429 g/mol. The lowest BCUT2D eigenvalue weighted by molar-refractivity contribution is 0.0978. The molecule has 2 nitrogen and oxygen atoms in total. The Bertz CT molecular complexity index is 752. The van der Waals surface area contributed by atoms with Crippen LogP contribution in [0.3, 0.4) is 0 Å². The molecule has 21 heavy (non-hydrogen) atoms. The number of carbonyl (C=O) groups excluding carboxylic acids is 1.